The highest BCUT2D eigenvalue weighted by molar-refractivity contribution is 5.72. The Bertz CT molecular complexity index is 302. The van der Waals surface area contributed by atoms with Crippen LogP contribution in [0.25, 0.3) is 0 Å². The molecule has 110 valence electrons. The molecule has 2 rings (SSSR count). The molecule has 2 fully saturated rings. The standard InChI is InChI=1S/C14H25NO4/c1-2-19-13(16)11-4-3-5-12(8-11)15-9-14(17)6-7-18-10-14/h11-12,15,17H,2-10H2,1H3. The van der Waals surface area contributed by atoms with Crippen molar-refractivity contribution in [2.45, 2.75) is 50.7 Å². The minimum absolute atomic E-state index is 0.0145. The predicted molar refractivity (Wildman–Crippen MR) is 70.8 cm³/mol. The van der Waals surface area contributed by atoms with Gasteiger partial charge in [-0.2, -0.15) is 0 Å². The van der Waals surface area contributed by atoms with Gasteiger partial charge in [0.1, 0.15) is 5.60 Å². The van der Waals surface area contributed by atoms with E-state index < -0.39 is 5.60 Å². The van der Waals surface area contributed by atoms with Crippen molar-refractivity contribution in [3.63, 3.8) is 0 Å². The van der Waals surface area contributed by atoms with Gasteiger partial charge in [0.2, 0.25) is 0 Å². The molecule has 1 aliphatic heterocycles. The first kappa shape index (κ1) is 14.8. The molecule has 5 nitrogen and oxygen atoms in total. The van der Waals surface area contributed by atoms with Crippen molar-refractivity contribution in [2.75, 3.05) is 26.4 Å². The van der Waals surface area contributed by atoms with E-state index in [1.165, 1.54) is 0 Å². The number of aliphatic hydroxyl groups is 1. The lowest BCUT2D eigenvalue weighted by atomic mass is 9.85. The largest absolute Gasteiger partial charge is 0.466 e. The zero-order valence-electron chi connectivity index (χ0n) is 11.7. The Balaban J connectivity index is 1.76. The van der Waals surface area contributed by atoms with E-state index in [1.807, 2.05) is 6.92 Å². The number of rotatable bonds is 5. The topological polar surface area (TPSA) is 67.8 Å². The van der Waals surface area contributed by atoms with Gasteiger partial charge in [-0.3, -0.25) is 4.79 Å². The van der Waals surface area contributed by atoms with Gasteiger partial charge in [-0.15, -0.1) is 0 Å². The number of esters is 1. The smallest absolute Gasteiger partial charge is 0.308 e. The van der Waals surface area contributed by atoms with Crippen molar-refractivity contribution in [3.05, 3.63) is 0 Å². The maximum Gasteiger partial charge on any atom is 0.308 e. The van der Waals surface area contributed by atoms with Crippen LogP contribution in [0, 0.1) is 5.92 Å². The SMILES string of the molecule is CCOC(=O)C1CCCC(NCC2(O)CCOC2)C1. The Morgan fingerprint density at radius 2 is 2.37 bits per heavy atom. The number of nitrogens with one attached hydrogen (secondary N) is 1. The van der Waals surface area contributed by atoms with Crippen molar-refractivity contribution in [1.29, 1.82) is 0 Å². The van der Waals surface area contributed by atoms with Gasteiger partial charge in [0, 0.05) is 25.6 Å². The van der Waals surface area contributed by atoms with Crippen LogP contribution in [0.5, 0.6) is 0 Å². The molecule has 0 bridgehead atoms. The van der Waals surface area contributed by atoms with Gasteiger partial charge in [-0.05, 0) is 26.2 Å². The third-order valence-electron chi connectivity index (χ3n) is 4.10. The fourth-order valence-electron chi connectivity index (χ4n) is 2.92. The Hall–Kier alpha value is -0.650. The second kappa shape index (κ2) is 6.68. The quantitative estimate of drug-likeness (QED) is 0.726. The summed E-state index contributed by atoms with van der Waals surface area (Å²) >= 11 is 0. The predicted octanol–water partition coefficient (Wildman–Crippen LogP) is 0.849. The summed E-state index contributed by atoms with van der Waals surface area (Å²) in [5.41, 5.74) is -0.725. The molecule has 3 unspecified atom stereocenters. The van der Waals surface area contributed by atoms with Crippen LogP contribution in [0.15, 0.2) is 0 Å². The minimum atomic E-state index is -0.725. The lowest BCUT2D eigenvalue weighted by Crippen LogP contribution is -2.46. The third-order valence-corrected chi connectivity index (χ3v) is 4.10. The summed E-state index contributed by atoms with van der Waals surface area (Å²) < 4.78 is 10.3. The first-order valence-electron chi connectivity index (χ1n) is 7.33. The van der Waals surface area contributed by atoms with Gasteiger partial charge < -0.3 is 19.9 Å². The minimum Gasteiger partial charge on any atom is -0.466 e. The van der Waals surface area contributed by atoms with E-state index in [0.29, 0.717) is 38.8 Å². The van der Waals surface area contributed by atoms with E-state index >= 15 is 0 Å². The van der Waals surface area contributed by atoms with Crippen molar-refractivity contribution in [2.24, 2.45) is 5.92 Å². The molecule has 0 radical (unpaired) electrons. The Morgan fingerprint density at radius 1 is 1.53 bits per heavy atom. The molecular formula is C14H25NO4. The average Bonchev–Trinajstić information content (AvgIpc) is 2.85. The van der Waals surface area contributed by atoms with E-state index in [2.05, 4.69) is 5.32 Å². The molecule has 2 N–H and O–H groups in total. The number of ether oxygens (including phenoxy) is 2. The van der Waals surface area contributed by atoms with Crippen LogP contribution in [-0.2, 0) is 14.3 Å². The van der Waals surface area contributed by atoms with Crippen molar-refractivity contribution in [3.8, 4) is 0 Å². The summed E-state index contributed by atoms with van der Waals surface area (Å²) in [7, 11) is 0. The van der Waals surface area contributed by atoms with Gasteiger partial charge in [-0.25, -0.2) is 0 Å². The van der Waals surface area contributed by atoms with Crippen LogP contribution >= 0.6 is 0 Å². The van der Waals surface area contributed by atoms with E-state index in [-0.39, 0.29) is 11.9 Å². The van der Waals surface area contributed by atoms with Crippen LogP contribution in [0.4, 0.5) is 0 Å². The second-order valence-corrected chi connectivity index (χ2v) is 5.72. The first-order valence-corrected chi connectivity index (χ1v) is 7.33. The highest BCUT2D eigenvalue weighted by Crippen LogP contribution is 2.26. The van der Waals surface area contributed by atoms with Crippen LogP contribution < -0.4 is 5.32 Å². The summed E-state index contributed by atoms with van der Waals surface area (Å²) in [5.74, 6) is -0.0578. The molecule has 1 aliphatic carbocycles. The van der Waals surface area contributed by atoms with E-state index in [0.717, 1.165) is 25.7 Å². The van der Waals surface area contributed by atoms with E-state index in [9.17, 15) is 9.90 Å². The number of carbonyl (C=O) groups excluding carboxylic acids is 1. The highest BCUT2D eigenvalue weighted by atomic mass is 16.5. The molecule has 0 aromatic heterocycles. The summed E-state index contributed by atoms with van der Waals surface area (Å²) in [4.78, 5) is 11.7. The Kier molecular flexibility index (Phi) is 5.19. The molecule has 19 heavy (non-hydrogen) atoms. The normalized spacial score (nSPS) is 35.3. The second-order valence-electron chi connectivity index (χ2n) is 5.72. The lowest BCUT2D eigenvalue weighted by Gasteiger charge is -2.31. The zero-order valence-corrected chi connectivity index (χ0v) is 11.7. The zero-order chi connectivity index (χ0) is 13.7. The molecule has 5 heteroatoms. The summed E-state index contributed by atoms with van der Waals surface area (Å²) in [6.07, 6.45) is 4.52. The van der Waals surface area contributed by atoms with Crippen LogP contribution in [0.2, 0.25) is 0 Å². The monoisotopic (exact) mass is 271 g/mol. The van der Waals surface area contributed by atoms with Gasteiger partial charge in [0.15, 0.2) is 0 Å². The van der Waals surface area contributed by atoms with Gasteiger partial charge in [-0.1, -0.05) is 6.42 Å². The number of hydrogen-bond donors (Lipinski definition) is 2. The van der Waals surface area contributed by atoms with Crippen molar-refractivity contribution >= 4 is 5.97 Å². The van der Waals surface area contributed by atoms with Gasteiger partial charge in [0.25, 0.3) is 0 Å². The van der Waals surface area contributed by atoms with Crippen LogP contribution in [0.3, 0.4) is 0 Å². The van der Waals surface area contributed by atoms with E-state index in [4.69, 9.17) is 9.47 Å². The van der Waals surface area contributed by atoms with Crippen molar-refractivity contribution in [1.82, 2.24) is 5.32 Å². The Labute approximate surface area is 114 Å². The average molecular weight is 271 g/mol. The summed E-state index contributed by atoms with van der Waals surface area (Å²) in [5, 5.41) is 13.6. The molecular weight excluding hydrogens is 246 g/mol. The molecule has 3 atom stereocenters. The maximum atomic E-state index is 11.7. The van der Waals surface area contributed by atoms with Crippen LogP contribution in [0.1, 0.15) is 39.0 Å². The Morgan fingerprint density at radius 3 is 3.05 bits per heavy atom. The molecule has 1 heterocycles. The number of carbonyl (C=O) groups is 1. The number of hydrogen-bond acceptors (Lipinski definition) is 5. The highest BCUT2D eigenvalue weighted by Gasteiger charge is 2.34. The summed E-state index contributed by atoms with van der Waals surface area (Å²) in [6, 6.07) is 0.299. The molecule has 0 spiro atoms. The molecule has 0 aromatic rings. The van der Waals surface area contributed by atoms with Crippen LogP contribution in [-0.4, -0.2) is 49.1 Å². The molecule has 1 saturated heterocycles. The molecule has 1 saturated carbocycles. The fraction of sp³-hybridized carbons (Fsp3) is 0.929. The summed E-state index contributed by atoms with van der Waals surface area (Å²) in [6.45, 7) is 3.88. The third kappa shape index (κ3) is 4.16. The van der Waals surface area contributed by atoms with Gasteiger partial charge in [0.05, 0.1) is 19.1 Å². The molecule has 2 aliphatic rings. The van der Waals surface area contributed by atoms with E-state index in [1.54, 1.807) is 0 Å². The molecule has 0 aromatic carbocycles. The fourth-order valence-corrected chi connectivity index (χ4v) is 2.92. The molecule has 0 amide bonds. The lowest BCUT2D eigenvalue weighted by molar-refractivity contribution is -0.149. The van der Waals surface area contributed by atoms with Crippen molar-refractivity contribution < 1.29 is 19.4 Å². The first-order chi connectivity index (χ1) is 9.13. The maximum absolute atomic E-state index is 11.7. The van der Waals surface area contributed by atoms with Gasteiger partial charge >= 0.3 is 5.97 Å².